The first-order valence-electron chi connectivity index (χ1n) is 9.08. The molecule has 0 unspecified atom stereocenters. The second kappa shape index (κ2) is 12.0. The molecule has 3 aromatic rings. The summed E-state index contributed by atoms with van der Waals surface area (Å²) < 4.78 is 2.17. The van der Waals surface area contributed by atoms with Crippen molar-refractivity contribution in [1.82, 2.24) is 20.2 Å². The SMILES string of the molecule is CN=C(NCCc1nccn1Cc1ccccc1)NCc1ccc(Cl)cc1Cl.I. The van der Waals surface area contributed by atoms with Gasteiger partial charge in [-0.15, -0.1) is 24.0 Å². The Bertz CT molecular complexity index is 928. The first-order chi connectivity index (χ1) is 13.7. The molecule has 2 N–H and O–H groups in total. The lowest BCUT2D eigenvalue weighted by molar-refractivity contribution is 0.694. The molecule has 0 bridgehead atoms. The Hall–Kier alpha value is -1.77. The highest BCUT2D eigenvalue weighted by Crippen LogP contribution is 2.20. The van der Waals surface area contributed by atoms with Crippen LogP contribution in [0.4, 0.5) is 0 Å². The monoisotopic (exact) mass is 543 g/mol. The molecule has 0 spiro atoms. The van der Waals surface area contributed by atoms with E-state index in [4.69, 9.17) is 23.2 Å². The van der Waals surface area contributed by atoms with Crippen LogP contribution in [0.3, 0.4) is 0 Å². The summed E-state index contributed by atoms with van der Waals surface area (Å²) >= 11 is 12.2. The predicted octanol–water partition coefficient (Wildman–Crippen LogP) is 4.76. The quantitative estimate of drug-likeness (QED) is 0.256. The molecule has 0 radical (unpaired) electrons. The topological polar surface area (TPSA) is 54.2 Å². The fraction of sp³-hybridized carbons (Fsp3) is 0.238. The number of nitrogens with zero attached hydrogens (tertiary/aromatic N) is 3. The highest BCUT2D eigenvalue weighted by Gasteiger charge is 2.06. The van der Waals surface area contributed by atoms with Crippen LogP contribution in [0.1, 0.15) is 17.0 Å². The van der Waals surface area contributed by atoms with Crippen LogP contribution in [0.25, 0.3) is 0 Å². The van der Waals surface area contributed by atoms with E-state index in [1.165, 1.54) is 5.56 Å². The van der Waals surface area contributed by atoms with E-state index < -0.39 is 0 Å². The average molecular weight is 544 g/mol. The lowest BCUT2D eigenvalue weighted by Gasteiger charge is -2.13. The summed E-state index contributed by atoms with van der Waals surface area (Å²) in [6.45, 7) is 2.11. The molecule has 0 saturated carbocycles. The van der Waals surface area contributed by atoms with Crippen LogP contribution in [0.5, 0.6) is 0 Å². The zero-order valence-corrected chi connectivity index (χ0v) is 19.9. The Kier molecular flexibility index (Phi) is 9.76. The van der Waals surface area contributed by atoms with E-state index in [0.29, 0.717) is 22.5 Å². The van der Waals surface area contributed by atoms with Gasteiger partial charge in [0.1, 0.15) is 5.82 Å². The summed E-state index contributed by atoms with van der Waals surface area (Å²) in [5.74, 6) is 1.75. The van der Waals surface area contributed by atoms with E-state index in [1.807, 2.05) is 30.6 Å². The van der Waals surface area contributed by atoms with Crippen molar-refractivity contribution in [1.29, 1.82) is 0 Å². The average Bonchev–Trinajstić information content (AvgIpc) is 3.13. The van der Waals surface area contributed by atoms with Crippen molar-refractivity contribution >= 4 is 53.1 Å². The zero-order valence-electron chi connectivity index (χ0n) is 16.1. The summed E-state index contributed by atoms with van der Waals surface area (Å²) in [6, 6.07) is 15.8. The van der Waals surface area contributed by atoms with Crippen LogP contribution in [-0.4, -0.2) is 29.1 Å². The molecule has 0 saturated heterocycles. The van der Waals surface area contributed by atoms with Gasteiger partial charge in [-0.05, 0) is 23.3 Å². The van der Waals surface area contributed by atoms with Gasteiger partial charge < -0.3 is 15.2 Å². The summed E-state index contributed by atoms with van der Waals surface area (Å²) in [5, 5.41) is 7.85. The summed E-state index contributed by atoms with van der Waals surface area (Å²) in [4.78, 5) is 8.74. The maximum absolute atomic E-state index is 6.22. The molecule has 29 heavy (non-hydrogen) atoms. The molecule has 0 atom stereocenters. The number of hydrogen-bond donors (Lipinski definition) is 2. The Morgan fingerprint density at radius 1 is 1.10 bits per heavy atom. The normalized spacial score (nSPS) is 11.1. The molecule has 5 nitrogen and oxygen atoms in total. The molecule has 8 heteroatoms. The third-order valence-corrected chi connectivity index (χ3v) is 4.91. The van der Waals surface area contributed by atoms with Crippen LogP contribution >= 0.6 is 47.2 Å². The van der Waals surface area contributed by atoms with E-state index in [2.05, 4.69) is 49.4 Å². The Labute approximate surface area is 198 Å². The van der Waals surface area contributed by atoms with E-state index >= 15 is 0 Å². The number of guanidine groups is 1. The molecule has 0 aliphatic heterocycles. The molecule has 154 valence electrons. The molecule has 3 rings (SSSR count). The van der Waals surface area contributed by atoms with Gasteiger partial charge in [0.25, 0.3) is 0 Å². The van der Waals surface area contributed by atoms with Gasteiger partial charge >= 0.3 is 0 Å². The van der Waals surface area contributed by atoms with Crippen molar-refractivity contribution in [2.24, 2.45) is 4.99 Å². The third kappa shape index (κ3) is 7.21. The van der Waals surface area contributed by atoms with Gasteiger partial charge in [-0.25, -0.2) is 4.98 Å². The molecule has 2 aromatic carbocycles. The number of nitrogens with one attached hydrogen (secondary N) is 2. The second-order valence-corrected chi connectivity index (χ2v) is 7.14. The van der Waals surface area contributed by atoms with Gasteiger partial charge in [0, 0.05) is 55.5 Å². The molecule has 1 aromatic heterocycles. The minimum Gasteiger partial charge on any atom is -0.356 e. The molecule has 0 aliphatic carbocycles. The smallest absolute Gasteiger partial charge is 0.191 e. The van der Waals surface area contributed by atoms with Crippen molar-refractivity contribution in [2.45, 2.75) is 19.5 Å². The Morgan fingerprint density at radius 2 is 1.90 bits per heavy atom. The summed E-state index contributed by atoms with van der Waals surface area (Å²) in [6.07, 6.45) is 4.65. The lowest BCUT2D eigenvalue weighted by atomic mass is 10.2. The van der Waals surface area contributed by atoms with Gasteiger partial charge in [0.05, 0.1) is 0 Å². The largest absolute Gasteiger partial charge is 0.356 e. The molecule has 1 heterocycles. The minimum absolute atomic E-state index is 0. The highest BCUT2D eigenvalue weighted by atomic mass is 127. The predicted molar refractivity (Wildman–Crippen MR) is 132 cm³/mol. The molecular weight excluding hydrogens is 520 g/mol. The van der Waals surface area contributed by atoms with Gasteiger partial charge in [0.15, 0.2) is 5.96 Å². The standard InChI is InChI=1S/C21H23Cl2N5.HI/c1-24-21(27-14-17-7-8-18(22)13-19(17)23)26-10-9-20-25-11-12-28(20)15-16-5-3-2-4-6-16;/h2-8,11-13H,9-10,14-15H2,1H3,(H2,24,26,27);1H. The van der Waals surface area contributed by atoms with Crippen LogP contribution < -0.4 is 10.6 Å². The van der Waals surface area contributed by atoms with E-state index in [0.717, 1.165) is 30.9 Å². The number of hydrogen-bond acceptors (Lipinski definition) is 2. The van der Waals surface area contributed by atoms with Crippen molar-refractivity contribution in [2.75, 3.05) is 13.6 Å². The molecular formula is C21H24Cl2IN5. The number of imidazole rings is 1. The van der Waals surface area contributed by atoms with Gasteiger partial charge in [-0.3, -0.25) is 4.99 Å². The number of aliphatic imine (C=N–C) groups is 1. The van der Waals surface area contributed by atoms with Crippen molar-refractivity contribution in [3.8, 4) is 0 Å². The Morgan fingerprint density at radius 3 is 2.62 bits per heavy atom. The highest BCUT2D eigenvalue weighted by molar-refractivity contribution is 14.0. The van der Waals surface area contributed by atoms with Crippen LogP contribution in [0.2, 0.25) is 10.0 Å². The number of rotatable bonds is 7. The third-order valence-electron chi connectivity index (χ3n) is 4.32. The van der Waals surface area contributed by atoms with Crippen LogP contribution in [-0.2, 0) is 19.5 Å². The molecule has 0 amide bonds. The Balaban J connectivity index is 0.00000300. The fourth-order valence-corrected chi connectivity index (χ4v) is 3.32. The summed E-state index contributed by atoms with van der Waals surface area (Å²) in [5.41, 5.74) is 2.22. The first kappa shape index (κ1) is 23.5. The van der Waals surface area contributed by atoms with Crippen LogP contribution in [0, 0.1) is 0 Å². The first-order valence-corrected chi connectivity index (χ1v) is 9.83. The fourth-order valence-electron chi connectivity index (χ4n) is 2.85. The zero-order chi connectivity index (χ0) is 19.8. The van der Waals surface area contributed by atoms with Gasteiger partial charge in [0.2, 0.25) is 0 Å². The van der Waals surface area contributed by atoms with Crippen molar-refractivity contribution in [3.05, 3.63) is 87.9 Å². The molecule has 0 fully saturated rings. The van der Waals surface area contributed by atoms with E-state index in [1.54, 1.807) is 13.1 Å². The maximum atomic E-state index is 6.22. The summed E-state index contributed by atoms with van der Waals surface area (Å²) in [7, 11) is 1.75. The second-order valence-electron chi connectivity index (χ2n) is 6.30. The number of benzene rings is 2. The van der Waals surface area contributed by atoms with Crippen molar-refractivity contribution in [3.63, 3.8) is 0 Å². The van der Waals surface area contributed by atoms with Crippen LogP contribution in [0.15, 0.2) is 65.9 Å². The van der Waals surface area contributed by atoms with Gasteiger partial charge in [-0.2, -0.15) is 0 Å². The van der Waals surface area contributed by atoms with E-state index in [-0.39, 0.29) is 24.0 Å². The molecule has 0 aliphatic rings. The van der Waals surface area contributed by atoms with Gasteiger partial charge in [-0.1, -0.05) is 59.6 Å². The lowest BCUT2D eigenvalue weighted by Crippen LogP contribution is -2.38. The number of halogens is 3. The minimum atomic E-state index is 0. The van der Waals surface area contributed by atoms with Crippen molar-refractivity contribution < 1.29 is 0 Å². The number of aromatic nitrogens is 2. The maximum Gasteiger partial charge on any atom is 0.191 e. The van der Waals surface area contributed by atoms with E-state index in [9.17, 15) is 0 Å².